The summed E-state index contributed by atoms with van der Waals surface area (Å²) in [6.45, 7) is 0.117. The number of tetrazole rings is 1. The molecule has 0 unspecified atom stereocenters. The van der Waals surface area contributed by atoms with Gasteiger partial charge < -0.3 is 15.2 Å². The average Bonchev–Trinajstić information content (AvgIpc) is 2.89. The number of carbonyl (C=O) groups excluding carboxylic acids is 1. The molecule has 0 fully saturated rings. The van der Waals surface area contributed by atoms with Gasteiger partial charge in [-0.05, 0) is 18.2 Å². The zero-order valence-corrected chi connectivity index (χ0v) is 9.54. The molecule has 0 atom stereocenters. The van der Waals surface area contributed by atoms with Crippen molar-refractivity contribution in [2.45, 2.75) is 6.54 Å². The van der Waals surface area contributed by atoms with Crippen molar-refractivity contribution in [3.63, 3.8) is 0 Å². The number of phenolic OH excluding ortho intramolecular Hbond substituents is 1. The number of phenols is 1. The maximum Gasteiger partial charge on any atom is 0.255 e. The third kappa shape index (κ3) is 2.54. The number of nitrogens with one attached hydrogen (secondary N) is 2. The Morgan fingerprint density at radius 2 is 2.39 bits per heavy atom. The fourth-order valence-corrected chi connectivity index (χ4v) is 1.34. The molecule has 0 spiro atoms. The van der Waals surface area contributed by atoms with Gasteiger partial charge in [-0.15, -0.1) is 10.2 Å². The Labute approximate surface area is 102 Å². The molecule has 0 aliphatic heterocycles. The summed E-state index contributed by atoms with van der Waals surface area (Å²) in [5.74, 6) is 0.265. The number of aromatic hydroxyl groups is 1. The number of benzene rings is 1. The second-order valence-electron chi connectivity index (χ2n) is 3.39. The van der Waals surface area contributed by atoms with Gasteiger partial charge >= 0.3 is 0 Å². The largest absolute Gasteiger partial charge is 0.507 e. The topological polar surface area (TPSA) is 113 Å². The van der Waals surface area contributed by atoms with E-state index in [0.29, 0.717) is 11.6 Å². The molecule has 0 saturated heterocycles. The van der Waals surface area contributed by atoms with Crippen molar-refractivity contribution in [1.29, 1.82) is 0 Å². The van der Waals surface area contributed by atoms with Crippen LogP contribution in [0.2, 0.25) is 0 Å². The summed E-state index contributed by atoms with van der Waals surface area (Å²) in [7, 11) is 1.48. The quantitative estimate of drug-likeness (QED) is 0.694. The van der Waals surface area contributed by atoms with Crippen LogP contribution in [-0.4, -0.2) is 38.7 Å². The Hall–Kier alpha value is -2.64. The van der Waals surface area contributed by atoms with Gasteiger partial charge in [0.2, 0.25) is 0 Å². The Morgan fingerprint density at radius 1 is 1.56 bits per heavy atom. The molecule has 1 amide bonds. The van der Waals surface area contributed by atoms with Gasteiger partial charge in [0, 0.05) is 0 Å². The molecule has 0 bridgehead atoms. The first-order valence-corrected chi connectivity index (χ1v) is 5.08. The van der Waals surface area contributed by atoms with Gasteiger partial charge in [-0.25, -0.2) is 0 Å². The van der Waals surface area contributed by atoms with E-state index in [1.165, 1.54) is 19.2 Å². The number of H-pyrrole nitrogens is 1. The average molecular weight is 249 g/mol. The van der Waals surface area contributed by atoms with Crippen molar-refractivity contribution in [3.05, 3.63) is 29.6 Å². The zero-order valence-electron chi connectivity index (χ0n) is 9.54. The van der Waals surface area contributed by atoms with E-state index < -0.39 is 5.91 Å². The second kappa shape index (κ2) is 5.13. The number of hydrogen-bond donors (Lipinski definition) is 3. The van der Waals surface area contributed by atoms with Crippen molar-refractivity contribution in [3.8, 4) is 11.5 Å². The molecule has 0 aliphatic rings. The highest BCUT2D eigenvalue weighted by Crippen LogP contribution is 2.22. The number of hydrogen-bond acceptors (Lipinski definition) is 6. The van der Waals surface area contributed by atoms with Gasteiger partial charge in [0.1, 0.15) is 11.5 Å². The minimum Gasteiger partial charge on any atom is -0.507 e. The van der Waals surface area contributed by atoms with Gasteiger partial charge in [0.15, 0.2) is 5.82 Å². The third-order valence-corrected chi connectivity index (χ3v) is 2.24. The molecule has 0 aliphatic carbocycles. The van der Waals surface area contributed by atoms with E-state index in [1.807, 2.05) is 0 Å². The third-order valence-electron chi connectivity index (χ3n) is 2.24. The van der Waals surface area contributed by atoms with Crippen molar-refractivity contribution in [2.75, 3.05) is 7.11 Å². The normalized spacial score (nSPS) is 10.1. The van der Waals surface area contributed by atoms with Crippen molar-refractivity contribution >= 4 is 5.91 Å². The monoisotopic (exact) mass is 249 g/mol. The lowest BCUT2D eigenvalue weighted by molar-refractivity contribution is 0.0947. The lowest BCUT2D eigenvalue weighted by Crippen LogP contribution is -2.23. The van der Waals surface area contributed by atoms with Crippen LogP contribution in [0.15, 0.2) is 18.2 Å². The Bertz CT molecular complexity index is 540. The van der Waals surface area contributed by atoms with E-state index in [2.05, 4.69) is 25.9 Å². The Morgan fingerprint density at radius 3 is 3.06 bits per heavy atom. The standard InChI is InChI=1S/C10H11N5O3/c1-18-6-2-3-8(16)7(4-6)10(17)11-5-9-12-14-15-13-9/h2-4,16H,5H2,1H3,(H,11,17)(H,12,13,14,15). The number of aromatic amines is 1. The molecule has 94 valence electrons. The molecule has 1 aromatic carbocycles. The van der Waals surface area contributed by atoms with E-state index in [1.54, 1.807) is 6.07 Å². The van der Waals surface area contributed by atoms with E-state index in [0.717, 1.165) is 0 Å². The minimum absolute atomic E-state index is 0.117. The van der Waals surface area contributed by atoms with Crippen molar-refractivity contribution in [1.82, 2.24) is 25.9 Å². The number of rotatable bonds is 4. The lowest BCUT2D eigenvalue weighted by Gasteiger charge is -2.07. The smallest absolute Gasteiger partial charge is 0.255 e. The van der Waals surface area contributed by atoms with Gasteiger partial charge in [-0.2, -0.15) is 5.21 Å². The molecule has 2 aromatic rings. The number of amides is 1. The number of ether oxygens (including phenoxy) is 1. The zero-order chi connectivity index (χ0) is 13.0. The van der Waals surface area contributed by atoms with Gasteiger partial charge in [-0.3, -0.25) is 4.79 Å². The second-order valence-corrected chi connectivity index (χ2v) is 3.39. The summed E-state index contributed by atoms with van der Waals surface area (Å²) in [4.78, 5) is 11.8. The number of nitrogens with zero attached hydrogens (tertiary/aromatic N) is 3. The maximum atomic E-state index is 11.8. The first kappa shape index (κ1) is 11.8. The summed E-state index contributed by atoms with van der Waals surface area (Å²) >= 11 is 0. The minimum atomic E-state index is -0.448. The molecule has 0 saturated carbocycles. The number of methoxy groups -OCH3 is 1. The summed E-state index contributed by atoms with van der Waals surface area (Å²) < 4.78 is 4.98. The molecule has 8 heteroatoms. The van der Waals surface area contributed by atoms with Crippen LogP contribution < -0.4 is 10.1 Å². The highest BCUT2D eigenvalue weighted by molar-refractivity contribution is 5.97. The number of carbonyl (C=O) groups is 1. The van der Waals surface area contributed by atoms with Crippen LogP contribution in [0.25, 0.3) is 0 Å². The summed E-state index contributed by atoms with van der Waals surface area (Å²) in [6.07, 6.45) is 0. The number of aromatic nitrogens is 4. The van der Waals surface area contributed by atoms with Gasteiger partial charge in [0.25, 0.3) is 5.91 Å². The molecule has 1 heterocycles. The highest BCUT2D eigenvalue weighted by Gasteiger charge is 2.12. The van der Waals surface area contributed by atoms with Crippen LogP contribution in [0.3, 0.4) is 0 Å². The van der Waals surface area contributed by atoms with Crippen molar-refractivity contribution < 1.29 is 14.6 Å². The Balaban J connectivity index is 2.08. The first-order chi connectivity index (χ1) is 8.70. The van der Waals surface area contributed by atoms with Crippen LogP contribution in [0.4, 0.5) is 0 Å². The SMILES string of the molecule is COc1ccc(O)c(C(=O)NCc2nn[nH]n2)c1. The Kier molecular flexibility index (Phi) is 3.37. The van der Waals surface area contributed by atoms with E-state index >= 15 is 0 Å². The van der Waals surface area contributed by atoms with Crippen LogP contribution in [0, 0.1) is 0 Å². The predicted molar refractivity (Wildman–Crippen MR) is 60.0 cm³/mol. The summed E-state index contributed by atoms with van der Waals surface area (Å²) in [5, 5.41) is 25.2. The molecular formula is C10H11N5O3. The molecule has 3 N–H and O–H groups in total. The van der Waals surface area contributed by atoms with Crippen molar-refractivity contribution in [2.24, 2.45) is 0 Å². The van der Waals surface area contributed by atoms with E-state index in [4.69, 9.17) is 4.74 Å². The van der Waals surface area contributed by atoms with E-state index in [-0.39, 0.29) is 17.9 Å². The summed E-state index contributed by atoms with van der Waals surface area (Å²) in [5.41, 5.74) is 0.123. The molecular weight excluding hydrogens is 238 g/mol. The van der Waals surface area contributed by atoms with Crippen LogP contribution in [-0.2, 0) is 6.54 Å². The fraction of sp³-hybridized carbons (Fsp3) is 0.200. The molecule has 0 radical (unpaired) electrons. The molecule has 18 heavy (non-hydrogen) atoms. The predicted octanol–water partition coefficient (Wildman–Crippen LogP) is -0.156. The lowest BCUT2D eigenvalue weighted by atomic mass is 10.1. The summed E-state index contributed by atoms with van der Waals surface area (Å²) in [6, 6.07) is 4.40. The first-order valence-electron chi connectivity index (χ1n) is 5.08. The van der Waals surface area contributed by atoms with Crippen LogP contribution >= 0.6 is 0 Å². The van der Waals surface area contributed by atoms with Crippen LogP contribution in [0.1, 0.15) is 16.2 Å². The van der Waals surface area contributed by atoms with Gasteiger partial charge in [-0.1, -0.05) is 5.21 Å². The molecule has 2 rings (SSSR count). The van der Waals surface area contributed by atoms with Crippen LogP contribution in [0.5, 0.6) is 11.5 Å². The van der Waals surface area contributed by atoms with E-state index in [9.17, 15) is 9.90 Å². The molecule has 1 aromatic heterocycles. The fourth-order valence-electron chi connectivity index (χ4n) is 1.34. The highest BCUT2D eigenvalue weighted by atomic mass is 16.5. The van der Waals surface area contributed by atoms with Gasteiger partial charge in [0.05, 0.1) is 19.2 Å². The molecule has 8 nitrogen and oxygen atoms in total. The maximum absolute atomic E-state index is 11.8.